The third kappa shape index (κ3) is 5.44. The number of benzene rings is 2. The van der Waals surface area contributed by atoms with Crippen molar-refractivity contribution in [2.24, 2.45) is 0 Å². The van der Waals surface area contributed by atoms with Gasteiger partial charge in [0.1, 0.15) is 47.2 Å². The van der Waals surface area contributed by atoms with Crippen LogP contribution in [-0.2, 0) is 0 Å². The van der Waals surface area contributed by atoms with Gasteiger partial charge in [-0.1, -0.05) is 17.7 Å². The molecule has 2 aromatic carbocycles. The lowest BCUT2D eigenvalue weighted by molar-refractivity contribution is 0.108. The lowest BCUT2D eigenvalue weighted by Gasteiger charge is -2.31. The predicted molar refractivity (Wildman–Crippen MR) is 191 cm³/mol. The van der Waals surface area contributed by atoms with E-state index in [0.717, 1.165) is 54.8 Å². The van der Waals surface area contributed by atoms with Crippen molar-refractivity contribution < 1.29 is 18.3 Å². The van der Waals surface area contributed by atoms with Crippen molar-refractivity contribution in [3.05, 3.63) is 52.6 Å². The number of ether oxygens (including phenoxy) is 1. The minimum absolute atomic E-state index is 0.00284. The van der Waals surface area contributed by atoms with Gasteiger partial charge in [-0.05, 0) is 69.8 Å². The first-order chi connectivity index (χ1) is 25.2. The summed E-state index contributed by atoms with van der Waals surface area (Å²) in [7, 11) is 0. The largest absolute Gasteiger partial charge is 0.461 e. The quantitative estimate of drug-likeness (QED) is 0.210. The maximum absolute atomic E-state index is 17.1. The molecule has 1 atom stereocenters. The molecule has 0 saturated carbocycles. The Balaban J connectivity index is 1.22. The molecule has 3 aliphatic rings. The van der Waals surface area contributed by atoms with E-state index >= 15 is 4.39 Å². The Morgan fingerprint density at radius 2 is 1.98 bits per heavy atom. The van der Waals surface area contributed by atoms with Crippen LogP contribution in [-0.4, -0.2) is 91.5 Å². The van der Waals surface area contributed by atoms with Gasteiger partial charge in [0.15, 0.2) is 5.82 Å². The number of halogens is 3. The van der Waals surface area contributed by atoms with Crippen LogP contribution in [0.4, 0.5) is 24.4 Å². The zero-order chi connectivity index (χ0) is 36.3. The molecule has 3 aromatic heterocycles. The summed E-state index contributed by atoms with van der Waals surface area (Å²) < 4.78 is 39.6. The van der Waals surface area contributed by atoms with Crippen LogP contribution in [0.1, 0.15) is 50.4 Å². The lowest BCUT2D eigenvalue weighted by Crippen LogP contribution is -2.44. The third-order valence-corrected chi connectivity index (χ3v) is 11.9. The number of carbonyl (C=O) groups excluding carboxylic acids is 1. The molecule has 1 unspecified atom stereocenters. The smallest absolute Gasteiger partial charge is 0.346 e. The van der Waals surface area contributed by atoms with E-state index in [0.29, 0.717) is 43.9 Å². The normalized spacial score (nSPS) is 18.2. The highest BCUT2D eigenvalue weighted by atomic mass is 35.5. The average molecular weight is 744 g/mol. The van der Waals surface area contributed by atoms with Crippen LogP contribution < -0.4 is 15.4 Å². The van der Waals surface area contributed by atoms with Gasteiger partial charge in [0.2, 0.25) is 0 Å². The van der Waals surface area contributed by atoms with E-state index in [-0.39, 0.29) is 65.7 Å². The number of likely N-dealkylation sites (N-methyl/N-ethyl adjacent to an activating group) is 1. The highest BCUT2D eigenvalue weighted by Gasteiger charge is 2.45. The number of hydrogen-bond donors (Lipinski definition) is 1. The summed E-state index contributed by atoms with van der Waals surface area (Å²) in [6.45, 7) is 5.39. The molecule has 52 heavy (non-hydrogen) atoms. The Morgan fingerprint density at radius 1 is 1.19 bits per heavy atom. The Morgan fingerprint density at radius 3 is 2.69 bits per heavy atom. The van der Waals surface area contributed by atoms with E-state index in [4.69, 9.17) is 32.3 Å². The first-order valence-corrected chi connectivity index (χ1v) is 18.2. The first kappa shape index (κ1) is 34.0. The van der Waals surface area contributed by atoms with Crippen molar-refractivity contribution >= 4 is 60.8 Å². The molecule has 3 fully saturated rings. The van der Waals surface area contributed by atoms with Crippen molar-refractivity contribution in [3.63, 3.8) is 0 Å². The number of nitriles is 2. The van der Waals surface area contributed by atoms with Crippen LogP contribution in [0.3, 0.4) is 0 Å². The van der Waals surface area contributed by atoms with E-state index in [1.807, 2.05) is 24.0 Å². The summed E-state index contributed by atoms with van der Waals surface area (Å²) in [5, 5.41) is 23.7. The van der Waals surface area contributed by atoms with E-state index in [1.54, 1.807) is 11.0 Å². The van der Waals surface area contributed by atoms with Gasteiger partial charge in [0.05, 0.1) is 26.9 Å². The summed E-state index contributed by atoms with van der Waals surface area (Å²) in [6.07, 6.45) is 5.91. The summed E-state index contributed by atoms with van der Waals surface area (Å²) >= 11 is 7.81. The second kappa shape index (κ2) is 13.1. The number of amides is 1. The monoisotopic (exact) mass is 743 g/mol. The number of nitrogens with zero attached hydrogens (tertiary/aromatic N) is 10. The van der Waals surface area contributed by atoms with Gasteiger partial charge >= 0.3 is 12.0 Å². The predicted octanol–water partition coefficient (Wildman–Crippen LogP) is 5.94. The van der Waals surface area contributed by atoms with Crippen molar-refractivity contribution in [3.8, 4) is 29.3 Å². The van der Waals surface area contributed by atoms with Crippen LogP contribution in [0.5, 0.6) is 6.01 Å². The van der Waals surface area contributed by atoms with Crippen molar-refractivity contribution in [2.45, 2.75) is 50.6 Å². The van der Waals surface area contributed by atoms with E-state index in [9.17, 15) is 14.4 Å². The van der Waals surface area contributed by atoms with Crippen molar-refractivity contribution in [1.82, 2.24) is 34.5 Å². The number of anilines is 2. The van der Waals surface area contributed by atoms with Gasteiger partial charge in [0, 0.05) is 36.0 Å². The second-order valence-electron chi connectivity index (χ2n) is 13.3. The van der Waals surface area contributed by atoms with Gasteiger partial charge in [0.25, 0.3) is 5.82 Å². The molecule has 0 aliphatic carbocycles. The van der Waals surface area contributed by atoms with Crippen molar-refractivity contribution in [2.75, 3.05) is 50.0 Å². The Kier molecular flexibility index (Phi) is 8.56. The van der Waals surface area contributed by atoms with Crippen LogP contribution in [0.2, 0.25) is 5.02 Å². The molecule has 0 radical (unpaired) electrons. The number of nitrogens with two attached hydrogens (primary N) is 1. The fourth-order valence-electron chi connectivity index (χ4n) is 8.16. The minimum Gasteiger partial charge on any atom is -0.461 e. The van der Waals surface area contributed by atoms with Crippen LogP contribution in [0.25, 0.3) is 32.1 Å². The molecular weight excluding hydrogens is 712 g/mol. The highest BCUT2D eigenvalue weighted by Crippen LogP contribution is 2.46. The molecule has 17 heteroatoms. The standard InChI is InChI=1S/C35H32ClF2N11O2S/c1-2-48(34(50)49-18-42-25(15-40)45-49)19-7-12-46(16-19)32-21-13-23(36)27(20-5-6-24(37)30-26(20)22(14-39)31(41)52-30)28(38)29(21)43-33(44-32)51-17-35-8-3-10-47(35)11-4-9-35/h5-6,13,18-19H,2-4,7-12,16-17,41H2,1H3. The fraction of sp³-hybridized carbons (Fsp3) is 0.400. The molecule has 13 nitrogen and oxygen atoms in total. The third-order valence-electron chi connectivity index (χ3n) is 10.6. The first-order valence-electron chi connectivity index (χ1n) is 17.0. The number of rotatable bonds is 7. The highest BCUT2D eigenvalue weighted by molar-refractivity contribution is 7.23. The average Bonchev–Trinajstić information content (AvgIpc) is 3.97. The number of carbonyl (C=O) groups is 1. The molecule has 0 bridgehead atoms. The number of nitrogen functional groups attached to an aromatic ring is 1. The fourth-order valence-corrected chi connectivity index (χ4v) is 9.40. The Labute approximate surface area is 305 Å². The van der Waals surface area contributed by atoms with Crippen LogP contribution in [0, 0.1) is 34.3 Å². The molecule has 2 N–H and O–H groups in total. The number of aromatic nitrogens is 5. The molecule has 3 saturated heterocycles. The van der Waals surface area contributed by atoms with E-state index in [2.05, 4.69) is 20.0 Å². The van der Waals surface area contributed by atoms with E-state index in [1.165, 1.54) is 18.5 Å². The van der Waals surface area contributed by atoms with Gasteiger partial charge < -0.3 is 20.3 Å². The SMILES string of the molecule is CCN(C(=O)n1cnc(C#N)n1)C1CCN(c2nc(OCC34CCCN3CCC4)nc3c(F)c(-c4ccc(F)c5sc(N)c(C#N)c45)c(Cl)cc23)C1. The summed E-state index contributed by atoms with van der Waals surface area (Å²) in [5.41, 5.74) is 6.12. The maximum Gasteiger partial charge on any atom is 0.346 e. The lowest BCUT2D eigenvalue weighted by atomic mass is 9.95. The molecule has 1 amide bonds. The molecule has 8 rings (SSSR count). The van der Waals surface area contributed by atoms with Crippen molar-refractivity contribution in [1.29, 1.82) is 10.5 Å². The number of hydrogen-bond acceptors (Lipinski definition) is 12. The molecule has 5 aromatic rings. The molecule has 0 spiro atoms. The maximum atomic E-state index is 17.1. The van der Waals surface area contributed by atoms with Gasteiger partial charge in [-0.15, -0.1) is 16.4 Å². The van der Waals surface area contributed by atoms with Crippen LogP contribution >= 0.6 is 22.9 Å². The number of thiophene rings is 1. The summed E-state index contributed by atoms with van der Waals surface area (Å²) in [5.74, 6) is -1.08. The summed E-state index contributed by atoms with van der Waals surface area (Å²) in [4.78, 5) is 32.8. The zero-order valence-electron chi connectivity index (χ0n) is 28.1. The Hall–Kier alpha value is -5.16. The Bertz CT molecular complexity index is 2340. The zero-order valence-corrected chi connectivity index (χ0v) is 29.6. The summed E-state index contributed by atoms with van der Waals surface area (Å²) in [6, 6.07) is 7.35. The van der Waals surface area contributed by atoms with Crippen LogP contribution in [0.15, 0.2) is 24.5 Å². The second-order valence-corrected chi connectivity index (χ2v) is 14.8. The van der Waals surface area contributed by atoms with Gasteiger partial charge in [-0.3, -0.25) is 4.90 Å². The molecular formula is C35H32ClF2N11O2S. The molecule has 6 heterocycles. The van der Waals surface area contributed by atoms with Gasteiger partial charge in [-0.2, -0.15) is 25.2 Å². The topological polar surface area (TPSA) is 166 Å². The minimum atomic E-state index is -0.778. The van der Waals surface area contributed by atoms with Gasteiger partial charge in [-0.25, -0.2) is 18.6 Å². The molecule has 3 aliphatic heterocycles. The molecule has 266 valence electrons. The number of fused-ring (bicyclic) bond motifs is 3. The van der Waals surface area contributed by atoms with E-state index < -0.39 is 17.7 Å².